The van der Waals surface area contributed by atoms with Crippen molar-refractivity contribution in [2.24, 2.45) is 20.5 Å². The Morgan fingerprint density at radius 1 is 0.623 bits per heavy atom. The third-order valence-corrected chi connectivity index (χ3v) is 13.3. The van der Waals surface area contributed by atoms with E-state index in [1.165, 1.54) is 42.5 Å². The van der Waals surface area contributed by atoms with Crippen LogP contribution < -0.4 is 5.32 Å². The lowest BCUT2D eigenvalue weighted by atomic mass is 10.1. The van der Waals surface area contributed by atoms with Gasteiger partial charge in [-0.15, -0.1) is 28.3 Å². The minimum absolute atomic E-state index is 0.0526. The zero-order valence-electron chi connectivity index (χ0n) is 29.7. The number of azo groups is 2. The monoisotopic (exact) mass is 997 g/mol. The number of phenols is 1. The van der Waals surface area contributed by atoms with Gasteiger partial charge in [0.2, 0.25) is 0 Å². The number of aromatic hydroxyl groups is 1. The first-order valence-corrected chi connectivity index (χ1v) is 23.9. The van der Waals surface area contributed by atoms with E-state index >= 15 is 0 Å². The molecule has 61 heavy (non-hydrogen) atoms. The maximum atomic E-state index is 12.8. The van der Waals surface area contributed by atoms with Crippen LogP contribution in [0.1, 0.15) is 0 Å². The minimum atomic E-state index is -5.20. The highest BCUT2D eigenvalue weighted by Crippen LogP contribution is 2.48. The van der Waals surface area contributed by atoms with Crippen LogP contribution in [-0.4, -0.2) is 94.3 Å². The summed E-state index contributed by atoms with van der Waals surface area (Å²) in [6.07, 6.45) is 0. The SMILES string of the molecule is O=S(=O)(O)CNc1ccc2c(O)c(N=Nc3ccc(S(=O)(=O)CCOSOOO)cc3S(=O)(=O)O)c(SOOO)cc2c1N=Nc1ccc(S(=O)(=O)CCOSOOO)cc1. The van der Waals surface area contributed by atoms with Gasteiger partial charge in [0.25, 0.3) is 20.2 Å². The lowest BCUT2D eigenvalue weighted by molar-refractivity contribution is -0.434. The van der Waals surface area contributed by atoms with E-state index < -0.39 is 90.8 Å². The Balaban J connectivity index is 1.78. The number of benzene rings is 4. The smallest absolute Gasteiger partial charge is 0.296 e. The molecule has 0 saturated carbocycles. The summed E-state index contributed by atoms with van der Waals surface area (Å²) in [7, 11) is -18.0. The summed E-state index contributed by atoms with van der Waals surface area (Å²) in [5.74, 6) is -3.01. The van der Waals surface area contributed by atoms with Crippen molar-refractivity contribution in [1.29, 1.82) is 0 Å². The number of sulfone groups is 2. The Morgan fingerprint density at radius 3 is 1.77 bits per heavy atom. The third-order valence-electron chi connectivity index (χ3n) is 7.18. The van der Waals surface area contributed by atoms with Crippen molar-refractivity contribution < 1.29 is 100 Å². The Kier molecular flexibility index (Phi) is 18.5. The van der Waals surface area contributed by atoms with Crippen LogP contribution in [0.3, 0.4) is 0 Å². The summed E-state index contributed by atoms with van der Waals surface area (Å²) in [5.41, 5.74) is -1.40. The summed E-state index contributed by atoms with van der Waals surface area (Å²) in [5, 5.41) is 65.0. The van der Waals surface area contributed by atoms with Gasteiger partial charge in [-0.3, -0.25) is 17.5 Å². The second kappa shape index (κ2) is 22.6. The first-order valence-electron chi connectivity index (χ1n) is 15.5. The molecule has 0 amide bonds. The van der Waals surface area contributed by atoms with E-state index in [2.05, 4.69) is 53.9 Å². The summed E-state index contributed by atoms with van der Waals surface area (Å²) in [4.78, 5) is -2.05. The predicted octanol–water partition coefficient (Wildman–Crippen LogP) is 5.86. The van der Waals surface area contributed by atoms with Crippen molar-refractivity contribution in [3.05, 3.63) is 60.7 Å². The van der Waals surface area contributed by atoms with Gasteiger partial charge in [0.15, 0.2) is 50.1 Å². The maximum absolute atomic E-state index is 12.8. The standard InChI is InChI=1S/C27H27N5O22S7/c33-27-19-6-8-22(28-15-60(41,42)43)25(31-29-16-1-3-17(4-2-16)58(37,38)11-9-47-56-53-50-35)20(19)14-23(55-52-49-34)26(27)32-30-21-7-5-18(13-24(21)61(44,45)46)59(39,40)12-10-48-57-54-51-36/h1-8,13-14,28,33-36H,9-12,15H2,(H,41,42,43)(H,44,45,46). The molecule has 0 heterocycles. The summed E-state index contributed by atoms with van der Waals surface area (Å²) in [6.45, 7) is -0.882. The van der Waals surface area contributed by atoms with Gasteiger partial charge >= 0.3 is 0 Å². The molecule has 34 heteroatoms. The molecule has 0 atom stereocenters. The zero-order chi connectivity index (χ0) is 44.8. The highest BCUT2D eigenvalue weighted by Gasteiger charge is 2.24. The molecular formula is C27H27N5O22S7. The molecule has 0 fully saturated rings. The summed E-state index contributed by atoms with van der Waals surface area (Å²) >= 11 is 0.486. The molecule has 0 aliphatic rings. The quantitative estimate of drug-likeness (QED) is 0.0102. The Bertz CT molecular complexity index is 2670. The summed E-state index contributed by atoms with van der Waals surface area (Å²) < 4.78 is 140. The molecule has 0 aliphatic heterocycles. The Hall–Kier alpha value is -3.73. The number of nitrogens with zero attached hydrogens (tertiary/aromatic N) is 4. The number of rotatable bonds is 25. The van der Waals surface area contributed by atoms with Crippen LogP contribution in [0, 0.1) is 0 Å². The molecule has 4 aromatic rings. The van der Waals surface area contributed by atoms with Crippen LogP contribution in [0.2, 0.25) is 0 Å². The van der Waals surface area contributed by atoms with Crippen LogP contribution >= 0.6 is 36.7 Å². The molecule has 27 nitrogen and oxygen atoms in total. The molecule has 0 bridgehead atoms. The predicted molar refractivity (Wildman–Crippen MR) is 208 cm³/mol. The third kappa shape index (κ3) is 14.7. The molecule has 0 radical (unpaired) electrons. The topological polar surface area (TPSA) is 393 Å². The van der Waals surface area contributed by atoms with E-state index in [9.17, 15) is 47.9 Å². The number of nitrogens with one attached hydrogen (secondary N) is 1. The molecule has 7 N–H and O–H groups in total. The fourth-order valence-corrected chi connectivity index (χ4v) is 8.99. The number of anilines is 1. The van der Waals surface area contributed by atoms with Crippen molar-refractivity contribution in [3.63, 3.8) is 0 Å². The van der Waals surface area contributed by atoms with E-state index in [1.807, 2.05) is 0 Å². The van der Waals surface area contributed by atoms with E-state index in [4.69, 9.17) is 24.1 Å². The zero-order valence-corrected chi connectivity index (χ0v) is 35.4. The first kappa shape index (κ1) is 49.9. The number of fused-ring (bicyclic) bond motifs is 1. The minimum Gasteiger partial charge on any atom is -0.505 e. The van der Waals surface area contributed by atoms with E-state index in [0.29, 0.717) is 6.07 Å². The number of hydrogen-bond acceptors (Lipinski definition) is 28. The van der Waals surface area contributed by atoms with Crippen molar-refractivity contribution in [1.82, 2.24) is 0 Å². The van der Waals surface area contributed by atoms with Gasteiger partial charge in [-0.2, -0.15) is 21.9 Å². The van der Waals surface area contributed by atoms with Gasteiger partial charge < -0.3 is 10.4 Å². The molecule has 0 aromatic heterocycles. The van der Waals surface area contributed by atoms with Gasteiger partial charge in [0, 0.05) is 10.8 Å². The lowest BCUT2D eigenvalue weighted by Gasteiger charge is -2.14. The van der Waals surface area contributed by atoms with Crippen LogP contribution in [-0.2, 0) is 76.4 Å². The Morgan fingerprint density at radius 2 is 1.20 bits per heavy atom. The fraction of sp³-hybridized carbons (Fsp3) is 0.185. The second-order valence-corrected chi connectivity index (χ2v) is 19.8. The highest BCUT2D eigenvalue weighted by molar-refractivity contribution is 7.94. The van der Waals surface area contributed by atoms with Crippen LogP contribution in [0.4, 0.5) is 28.4 Å². The average molecular weight is 998 g/mol. The molecular weight excluding hydrogens is 971 g/mol. The first-order chi connectivity index (χ1) is 28.8. The van der Waals surface area contributed by atoms with E-state index in [-0.39, 0.29) is 80.9 Å². The van der Waals surface area contributed by atoms with Crippen LogP contribution in [0.25, 0.3) is 10.8 Å². The lowest BCUT2D eigenvalue weighted by Crippen LogP contribution is -2.13. The van der Waals surface area contributed by atoms with E-state index in [1.54, 1.807) is 0 Å². The normalized spacial score (nSPS) is 12.9. The average Bonchev–Trinajstić information content (AvgIpc) is 3.20. The van der Waals surface area contributed by atoms with Crippen molar-refractivity contribution >= 4 is 116 Å². The van der Waals surface area contributed by atoms with Gasteiger partial charge in [-0.1, -0.05) is 15.1 Å². The summed E-state index contributed by atoms with van der Waals surface area (Å²) in [6, 6.07) is 10.9. The molecule has 0 unspecified atom stereocenters. The van der Waals surface area contributed by atoms with E-state index in [0.717, 1.165) is 12.1 Å². The molecule has 0 aliphatic carbocycles. The molecule has 0 saturated heterocycles. The second-order valence-electron chi connectivity index (χ2n) is 11.0. The van der Waals surface area contributed by atoms with Gasteiger partial charge in [-0.25, -0.2) is 32.6 Å². The van der Waals surface area contributed by atoms with Crippen LogP contribution in [0.15, 0.2) is 101 Å². The molecule has 334 valence electrons. The van der Waals surface area contributed by atoms with Crippen molar-refractivity contribution in [2.45, 2.75) is 19.6 Å². The van der Waals surface area contributed by atoms with Crippen LogP contribution in [0.5, 0.6) is 5.75 Å². The highest BCUT2D eigenvalue weighted by atomic mass is 32.2. The Labute approximate surface area is 356 Å². The fourth-order valence-electron chi connectivity index (χ4n) is 4.60. The van der Waals surface area contributed by atoms with Crippen molar-refractivity contribution in [2.75, 3.05) is 35.9 Å². The van der Waals surface area contributed by atoms with Gasteiger partial charge in [-0.05, 0) is 60.7 Å². The largest absolute Gasteiger partial charge is 0.505 e. The number of hydrogen-bond donors (Lipinski definition) is 7. The molecule has 4 aromatic carbocycles. The van der Waals surface area contributed by atoms with Crippen molar-refractivity contribution in [3.8, 4) is 5.75 Å². The molecule has 4 rings (SSSR count). The molecule has 0 spiro atoms. The maximum Gasteiger partial charge on any atom is 0.296 e. The van der Waals surface area contributed by atoms with Gasteiger partial charge in [0.05, 0.1) is 62.8 Å². The number of phenolic OH excluding ortho intramolecular Hbond substituents is 1. The van der Waals surface area contributed by atoms with Gasteiger partial charge in [0.1, 0.15) is 27.8 Å².